The SMILES string of the molecule is CCN(c1ccccc1)c1nncc(Nc2c(C)cc(C)cc2Cl)n1. The van der Waals surface area contributed by atoms with Gasteiger partial charge in [0.25, 0.3) is 5.95 Å². The van der Waals surface area contributed by atoms with Crippen LogP contribution in [0.3, 0.4) is 0 Å². The minimum atomic E-state index is 0.541. The van der Waals surface area contributed by atoms with Crippen molar-refractivity contribution in [2.24, 2.45) is 0 Å². The second-order valence-corrected chi connectivity index (χ2v) is 6.19. The van der Waals surface area contributed by atoms with E-state index in [-0.39, 0.29) is 0 Å². The molecule has 3 aromatic rings. The van der Waals surface area contributed by atoms with Crippen LogP contribution < -0.4 is 10.2 Å². The number of nitrogens with one attached hydrogen (secondary N) is 1. The fourth-order valence-electron chi connectivity index (χ4n) is 2.72. The van der Waals surface area contributed by atoms with Gasteiger partial charge in [-0.3, -0.25) is 0 Å². The van der Waals surface area contributed by atoms with E-state index in [9.17, 15) is 0 Å². The third-order valence-electron chi connectivity index (χ3n) is 3.86. The van der Waals surface area contributed by atoms with Crippen molar-refractivity contribution in [3.63, 3.8) is 0 Å². The van der Waals surface area contributed by atoms with Crippen molar-refractivity contribution in [3.05, 3.63) is 64.8 Å². The lowest BCUT2D eigenvalue weighted by Gasteiger charge is -2.21. The first-order chi connectivity index (χ1) is 12.1. The first-order valence-corrected chi connectivity index (χ1v) is 8.52. The maximum absolute atomic E-state index is 6.37. The van der Waals surface area contributed by atoms with Gasteiger partial charge >= 0.3 is 0 Å². The number of benzene rings is 2. The lowest BCUT2D eigenvalue weighted by atomic mass is 10.1. The normalized spacial score (nSPS) is 10.6. The molecule has 0 saturated heterocycles. The van der Waals surface area contributed by atoms with Crippen molar-refractivity contribution in [1.29, 1.82) is 0 Å². The summed E-state index contributed by atoms with van der Waals surface area (Å²) in [6.07, 6.45) is 1.60. The average Bonchev–Trinajstić information content (AvgIpc) is 2.60. The highest BCUT2D eigenvalue weighted by Gasteiger charge is 2.13. The van der Waals surface area contributed by atoms with E-state index in [0.29, 0.717) is 16.8 Å². The molecule has 0 saturated carbocycles. The van der Waals surface area contributed by atoms with Gasteiger partial charge in [0.1, 0.15) is 0 Å². The summed E-state index contributed by atoms with van der Waals surface area (Å²) in [7, 11) is 0. The Labute approximate surface area is 152 Å². The van der Waals surface area contributed by atoms with Crippen LogP contribution in [-0.2, 0) is 0 Å². The van der Waals surface area contributed by atoms with E-state index in [1.807, 2.05) is 55.1 Å². The van der Waals surface area contributed by atoms with E-state index >= 15 is 0 Å². The monoisotopic (exact) mass is 353 g/mol. The highest BCUT2D eigenvalue weighted by Crippen LogP contribution is 2.30. The molecule has 0 atom stereocenters. The lowest BCUT2D eigenvalue weighted by molar-refractivity contribution is 0.887. The zero-order valence-electron chi connectivity index (χ0n) is 14.5. The predicted molar refractivity (Wildman–Crippen MR) is 103 cm³/mol. The summed E-state index contributed by atoms with van der Waals surface area (Å²) < 4.78 is 0. The van der Waals surface area contributed by atoms with Crippen LogP contribution in [0.4, 0.5) is 23.1 Å². The van der Waals surface area contributed by atoms with Crippen LogP contribution in [0.1, 0.15) is 18.1 Å². The molecule has 0 radical (unpaired) electrons. The first kappa shape index (κ1) is 17.2. The van der Waals surface area contributed by atoms with Crippen LogP contribution in [0.15, 0.2) is 48.7 Å². The zero-order chi connectivity index (χ0) is 17.8. The van der Waals surface area contributed by atoms with E-state index in [0.717, 1.165) is 29.0 Å². The number of anilines is 4. The van der Waals surface area contributed by atoms with Crippen molar-refractivity contribution >= 4 is 34.7 Å². The van der Waals surface area contributed by atoms with E-state index in [4.69, 9.17) is 11.6 Å². The average molecular weight is 354 g/mol. The predicted octanol–water partition coefficient (Wildman–Crippen LogP) is 5.04. The molecule has 1 heterocycles. The highest BCUT2D eigenvalue weighted by molar-refractivity contribution is 6.33. The molecule has 0 fully saturated rings. The van der Waals surface area contributed by atoms with E-state index in [2.05, 4.69) is 33.5 Å². The van der Waals surface area contributed by atoms with Crippen molar-refractivity contribution in [2.75, 3.05) is 16.8 Å². The summed E-state index contributed by atoms with van der Waals surface area (Å²) in [5, 5.41) is 12.2. The van der Waals surface area contributed by atoms with Crippen molar-refractivity contribution in [3.8, 4) is 0 Å². The van der Waals surface area contributed by atoms with Gasteiger partial charge in [-0.1, -0.05) is 35.9 Å². The summed E-state index contributed by atoms with van der Waals surface area (Å²) in [4.78, 5) is 6.60. The summed E-state index contributed by atoms with van der Waals surface area (Å²) in [6, 6.07) is 14.0. The van der Waals surface area contributed by atoms with Gasteiger partial charge in [-0.05, 0) is 50.1 Å². The number of aromatic nitrogens is 3. The van der Waals surface area contributed by atoms with Crippen molar-refractivity contribution in [1.82, 2.24) is 15.2 Å². The van der Waals surface area contributed by atoms with E-state index < -0.39 is 0 Å². The summed E-state index contributed by atoms with van der Waals surface area (Å²) in [5.74, 6) is 1.15. The topological polar surface area (TPSA) is 53.9 Å². The molecular formula is C19H20ClN5. The Bertz CT molecular complexity index is 844. The maximum atomic E-state index is 6.37. The lowest BCUT2D eigenvalue weighted by Crippen LogP contribution is -2.19. The fourth-order valence-corrected chi connectivity index (χ4v) is 3.09. The standard InChI is InChI=1S/C19H20ClN5/c1-4-25(15-8-6-5-7-9-15)19-23-17(12-21-24-19)22-18-14(3)10-13(2)11-16(18)20/h5-12H,4H2,1-3H3,(H,22,23,24). The van der Waals surface area contributed by atoms with Crippen LogP contribution in [0.25, 0.3) is 0 Å². The molecule has 128 valence electrons. The molecule has 0 aliphatic heterocycles. The number of aryl methyl sites for hydroxylation is 2. The number of halogens is 1. The van der Waals surface area contributed by atoms with Gasteiger partial charge in [0.05, 0.1) is 16.9 Å². The van der Waals surface area contributed by atoms with E-state index in [1.165, 1.54) is 0 Å². The van der Waals surface area contributed by atoms with Crippen LogP contribution in [-0.4, -0.2) is 21.7 Å². The van der Waals surface area contributed by atoms with Crippen LogP contribution in [0.5, 0.6) is 0 Å². The molecule has 1 aromatic heterocycles. The number of para-hydroxylation sites is 1. The van der Waals surface area contributed by atoms with Gasteiger partial charge in [-0.15, -0.1) is 5.10 Å². The van der Waals surface area contributed by atoms with Gasteiger partial charge in [0.2, 0.25) is 0 Å². The minimum Gasteiger partial charge on any atom is -0.337 e. The Morgan fingerprint density at radius 1 is 1.12 bits per heavy atom. The number of hydrogen-bond donors (Lipinski definition) is 1. The third kappa shape index (κ3) is 3.88. The Hall–Kier alpha value is -2.66. The Morgan fingerprint density at radius 2 is 1.88 bits per heavy atom. The van der Waals surface area contributed by atoms with Crippen LogP contribution >= 0.6 is 11.6 Å². The van der Waals surface area contributed by atoms with Gasteiger partial charge < -0.3 is 10.2 Å². The molecule has 1 N–H and O–H groups in total. The number of nitrogens with zero attached hydrogens (tertiary/aromatic N) is 4. The van der Waals surface area contributed by atoms with Gasteiger partial charge in [0, 0.05) is 12.2 Å². The van der Waals surface area contributed by atoms with Crippen LogP contribution in [0.2, 0.25) is 5.02 Å². The van der Waals surface area contributed by atoms with Crippen molar-refractivity contribution in [2.45, 2.75) is 20.8 Å². The van der Waals surface area contributed by atoms with Gasteiger partial charge in [-0.2, -0.15) is 10.1 Å². The molecule has 0 unspecified atom stereocenters. The van der Waals surface area contributed by atoms with E-state index in [1.54, 1.807) is 6.20 Å². The molecule has 0 spiro atoms. The summed E-state index contributed by atoms with van der Waals surface area (Å²) >= 11 is 6.37. The molecule has 0 aliphatic carbocycles. The molecule has 25 heavy (non-hydrogen) atoms. The maximum Gasteiger partial charge on any atom is 0.251 e. The highest BCUT2D eigenvalue weighted by atomic mass is 35.5. The molecule has 5 nitrogen and oxygen atoms in total. The first-order valence-electron chi connectivity index (χ1n) is 8.14. The number of hydrogen-bond acceptors (Lipinski definition) is 5. The quantitative estimate of drug-likeness (QED) is 0.696. The summed E-state index contributed by atoms with van der Waals surface area (Å²) in [5.41, 5.74) is 4.03. The second kappa shape index (κ2) is 7.49. The van der Waals surface area contributed by atoms with Crippen LogP contribution in [0, 0.1) is 13.8 Å². The fraction of sp³-hybridized carbons (Fsp3) is 0.211. The Balaban J connectivity index is 1.92. The third-order valence-corrected chi connectivity index (χ3v) is 4.16. The number of rotatable bonds is 5. The largest absolute Gasteiger partial charge is 0.337 e. The zero-order valence-corrected chi connectivity index (χ0v) is 15.2. The molecule has 2 aromatic carbocycles. The van der Waals surface area contributed by atoms with Crippen molar-refractivity contribution < 1.29 is 0 Å². The Morgan fingerprint density at radius 3 is 2.56 bits per heavy atom. The molecule has 6 heteroatoms. The van der Waals surface area contributed by atoms with Gasteiger partial charge in [-0.25, -0.2) is 0 Å². The Kier molecular flexibility index (Phi) is 5.14. The van der Waals surface area contributed by atoms with Gasteiger partial charge in [0.15, 0.2) is 5.82 Å². The molecule has 0 bridgehead atoms. The molecule has 0 aliphatic rings. The second-order valence-electron chi connectivity index (χ2n) is 5.79. The molecular weight excluding hydrogens is 334 g/mol. The smallest absolute Gasteiger partial charge is 0.251 e. The molecule has 3 rings (SSSR count). The summed E-state index contributed by atoms with van der Waals surface area (Å²) in [6.45, 7) is 6.82. The minimum absolute atomic E-state index is 0.541. The molecule has 0 amide bonds.